The van der Waals surface area contributed by atoms with Gasteiger partial charge in [-0.3, -0.25) is 9.21 Å². The van der Waals surface area contributed by atoms with Crippen LogP contribution >= 0.6 is 34.8 Å². The highest BCUT2D eigenvalue weighted by Gasteiger charge is 2.25. The van der Waals surface area contributed by atoms with E-state index in [-0.39, 0.29) is 11.6 Å². The lowest BCUT2D eigenvalue weighted by molar-refractivity contribution is 0.115. The lowest BCUT2D eigenvalue weighted by Crippen LogP contribution is -2.50. The van der Waals surface area contributed by atoms with Crippen molar-refractivity contribution in [3.63, 3.8) is 0 Å². The summed E-state index contributed by atoms with van der Waals surface area (Å²) in [5, 5.41) is 11.9. The molecule has 30 heavy (non-hydrogen) atoms. The van der Waals surface area contributed by atoms with E-state index in [4.69, 9.17) is 34.8 Å². The number of hydrogen-bond donors (Lipinski definition) is 1. The quantitative estimate of drug-likeness (QED) is 0.640. The lowest BCUT2D eigenvalue weighted by atomic mass is 10.2. The predicted molar refractivity (Wildman–Crippen MR) is 125 cm³/mol. The number of para-hydroxylation sites is 1. The molecule has 0 amide bonds. The molecule has 1 fully saturated rings. The number of hydrogen-bond acceptors (Lipinski definition) is 5. The average molecular weight is 493 g/mol. The average Bonchev–Trinajstić information content (AvgIpc) is 2.69. The van der Waals surface area contributed by atoms with Crippen LogP contribution in [0.1, 0.15) is 0 Å². The minimum absolute atomic E-state index is 0.0679. The number of nitrogens with zero attached hydrogens (tertiary/aromatic N) is 3. The summed E-state index contributed by atoms with van der Waals surface area (Å²) < 4.78 is 25.7. The smallest absolute Gasteiger partial charge is 0.232 e. The molecule has 2 aromatic carbocycles. The van der Waals surface area contributed by atoms with Crippen molar-refractivity contribution in [2.45, 2.75) is 6.10 Å². The van der Waals surface area contributed by atoms with Crippen molar-refractivity contribution in [3.05, 3.63) is 57.5 Å². The minimum Gasteiger partial charge on any atom is -0.390 e. The van der Waals surface area contributed by atoms with E-state index >= 15 is 0 Å². The van der Waals surface area contributed by atoms with Crippen LogP contribution < -0.4 is 9.21 Å². The number of β-amino-alcohol motifs (C(OH)–C–C–N with tert-alkyl or cyclic N) is 1. The van der Waals surface area contributed by atoms with Gasteiger partial charge in [0.25, 0.3) is 0 Å². The first-order valence-electron chi connectivity index (χ1n) is 9.48. The molecule has 2 aromatic rings. The van der Waals surface area contributed by atoms with Gasteiger partial charge in [0, 0.05) is 32.7 Å². The van der Waals surface area contributed by atoms with Crippen LogP contribution in [-0.2, 0) is 10.0 Å². The normalized spacial score (nSPS) is 16.5. The zero-order chi connectivity index (χ0) is 21.9. The van der Waals surface area contributed by atoms with Crippen LogP contribution in [0.2, 0.25) is 15.1 Å². The van der Waals surface area contributed by atoms with Gasteiger partial charge in [-0.15, -0.1) is 0 Å². The molecule has 0 radical (unpaired) electrons. The largest absolute Gasteiger partial charge is 0.390 e. The molecule has 1 saturated heterocycles. The summed E-state index contributed by atoms with van der Waals surface area (Å²) in [6, 6.07) is 12.3. The summed E-state index contributed by atoms with van der Waals surface area (Å²) in [6.07, 6.45) is 0.242. The van der Waals surface area contributed by atoms with Gasteiger partial charge in [-0.2, -0.15) is 0 Å². The number of piperazine rings is 1. The van der Waals surface area contributed by atoms with E-state index in [1.165, 1.54) is 12.1 Å². The minimum atomic E-state index is -3.60. The van der Waals surface area contributed by atoms with Crippen LogP contribution in [0.3, 0.4) is 0 Å². The zero-order valence-electron chi connectivity index (χ0n) is 16.5. The second kappa shape index (κ2) is 9.94. The number of sulfonamides is 1. The summed E-state index contributed by atoms with van der Waals surface area (Å²) >= 11 is 18.3. The third-order valence-corrected chi connectivity index (χ3v) is 7.22. The summed E-state index contributed by atoms with van der Waals surface area (Å²) in [6.45, 7) is 3.34. The Kier molecular flexibility index (Phi) is 7.76. The topological polar surface area (TPSA) is 64.1 Å². The standard InChI is InChI=1S/C20H24Cl3N3O3S/c1-30(28,29)26(15-6-7-17(21)19(23)12-15)14-16(27)13-24-8-10-25(11-9-24)20-5-3-2-4-18(20)22/h2-7,12,16,27H,8-11,13-14H2,1H3. The Morgan fingerprint density at radius 3 is 2.27 bits per heavy atom. The van der Waals surface area contributed by atoms with E-state index in [1.807, 2.05) is 24.3 Å². The fourth-order valence-electron chi connectivity index (χ4n) is 3.50. The number of halogens is 3. The molecule has 1 atom stereocenters. The van der Waals surface area contributed by atoms with E-state index in [0.717, 1.165) is 47.5 Å². The van der Waals surface area contributed by atoms with Crippen molar-refractivity contribution in [2.24, 2.45) is 0 Å². The first kappa shape index (κ1) is 23.4. The van der Waals surface area contributed by atoms with Crippen molar-refractivity contribution >= 4 is 56.2 Å². The number of aliphatic hydroxyl groups is 1. The number of benzene rings is 2. The molecule has 0 spiro atoms. The van der Waals surface area contributed by atoms with Crippen molar-refractivity contribution in [1.29, 1.82) is 0 Å². The molecular weight excluding hydrogens is 469 g/mol. The van der Waals surface area contributed by atoms with Gasteiger partial charge in [-0.1, -0.05) is 46.9 Å². The van der Waals surface area contributed by atoms with E-state index in [9.17, 15) is 13.5 Å². The number of anilines is 2. The van der Waals surface area contributed by atoms with E-state index < -0.39 is 16.1 Å². The molecule has 0 aromatic heterocycles. The van der Waals surface area contributed by atoms with Crippen LogP contribution in [0, 0.1) is 0 Å². The van der Waals surface area contributed by atoms with Gasteiger partial charge < -0.3 is 10.0 Å². The van der Waals surface area contributed by atoms with Gasteiger partial charge in [0.15, 0.2) is 0 Å². The van der Waals surface area contributed by atoms with Crippen molar-refractivity contribution in [3.8, 4) is 0 Å². The summed E-state index contributed by atoms with van der Waals surface area (Å²) in [5.41, 5.74) is 1.37. The Hall–Kier alpha value is -1.22. The van der Waals surface area contributed by atoms with Crippen molar-refractivity contribution in [1.82, 2.24) is 4.90 Å². The van der Waals surface area contributed by atoms with Gasteiger partial charge >= 0.3 is 0 Å². The highest BCUT2D eigenvalue weighted by molar-refractivity contribution is 7.92. The predicted octanol–water partition coefficient (Wildman–Crippen LogP) is 3.60. The van der Waals surface area contributed by atoms with Gasteiger partial charge in [0.05, 0.1) is 45.3 Å². The van der Waals surface area contributed by atoms with Crippen LogP contribution in [0.4, 0.5) is 11.4 Å². The Morgan fingerprint density at radius 2 is 1.67 bits per heavy atom. The monoisotopic (exact) mass is 491 g/mol. The second-order valence-corrected chi connectivity index (χ2v) is 10.4. The lowest BCUT2D eigenvalue weighted by Gasteiger charge is -2.37. The second-order valence-electron chi connectivity index (χ2n) is 7.29. The third kappa shape index (κ3) is 5.93. The molecule has 1 heterocycles. The molecule has 0 aliphatic carbocycles. The SMILES string of the molecule is CS(=O)(=O)N(CC(O)CN1CCN(c2ccccc2Cl)CC1)c1ccc(Cl)c(Cl)c1. The molecule has 3 rings (SSSR count). The number of aliphatic hydroxyl groups excluding tert-OH is 1. The third-order valence-electron chi connectivity index (χ3n) is 5.00. The Bertz CT molecular complexity index is 982. The molecule has 6 nitrogen and oxygen atoms in total. The Morgan fingerprint density at radius 1 is 1.00 bits per heavy atom. The molecule has 1 aliphatic heterocycles. The maximum Gasteiger partial charge on any atom is 0.232 e. The van der Waals surface area contributed by atoms with Gasteiger partial charge in [-0.25, -0.2) is 8.42 Å². The highest BCUT2D eigenvalue weighted by atomic mass is 35.5. The molecule has 164 valence electrons. The Balaban J connectivity index is 1.60. The molecule has 1 aliphatic rings. The highest BCUT2D eigenvalue weighted by Crippen LogP contribution is 2.29. The summed E-state index contributed by atoms with van der Waals surface area (Å²) in [7, 11) is -3.60. The molecule has 0 saturated carbocycles. The molecule has 1 N–H and O–H groups in total. The van der Waals surface area contributed by atoms with Crippen molar-refractivity contribution in [2.75, 3.05) is 54.7 Å². The Labute approximate surface area is 192 Å². The molecular formula is C20H24Cl3N3O3S. The molecule has 1 unspecified atom stereocenters. The van der Waals surface area contributed by atoms with E-state index in [1.54, 1.807) is 6.07 Å². The van der Waals surface area contributed by atoms with E-state index in [0.29, 0.717) is 17.3 Å². The maximum atomic E-state index is 12.3. The van der Waals surface area contributed by atoms with Crippen LogP contribution in [-0.4, -0.2) is 70.1 Å². The fourth-order valence-corrected chi connectivity index (χ4v) is 4.99. The zero-order valence-corrected chi connectivity index (χ0v) is 19.6. The van der Waals surface area contributed by atoms with Gasteiger partial charge in [0.2, 0.25) is 10.0 Å². The first-order chi connectivity index (χ1) is 14.1. The molecule has 10 heteroatoms. The number of rotatable bonds is 7. The summed E-state index contributed by atoms with van der Waals surface area (Å²) in [5.74, 6) is 0. The maximum absolute atomic E-state index is 12.3. The fraction of sp³-hybridized carbons (Fsp3) is 0.400. The summed E-state index contributed by atoms with van der Waals surface area (Å²) in [4.78, 5) is 4.33. The van der Waals surface area contributed by atoms with Crippen molar-refractivity contribution < 1.29 is 13.5 Å². The molecule has 0 bridgehead atoms. The van der Waals surface area contributed by atoms with Gasteiger partial charge in [0.1, 0.15) is 0 Å². The first-order valence-corrected chi connectivity index (χ1v) is 12.5. The van der Waals surface area contributed by atoms with Crippen LogP contribution in [0.15, 0.2) is 42.5 Å². The van der Waals surface area contributed by atoms with Crippen LogP contribution in [0.25, 0.3) is 0 Å². The van der Waals surface area contributed by atoms with Crippen LogP contribution in [0.5, 0.6) is 0 Å². The van der Waals surface area contributed by atoms with Gasteiger partial charge in [-0.05, 0) is 30.3 Å². The van der Waals surface area contributed by atoms with E-state index in [2.05, 4.69) is 9.80 Å².